The Balaban J connectivity index is 2.20. The first kappa shape index (κ1) is 11.1. The highest BCUT2D eigenvalue weighted by Crippen LogP contribution is 2.27. The second-order valence-electron chi connectivity index (χ2n) is 3.98. The molecule has 1 saturated heterocycles. The van der Waals surface area contributed by atoms with Gasteiger partial charge in [-0.1, -0.05) is 6.07 Å². The van der Waals surface area contributed by atoms with E-state index in [4.69, 9.17) is 4.74 Å². The van der Waals surface area contributed by atoms with Crippen LogP contribution in [0.1, 0.15) is 30.9 Å². The molecule has 86 valence electrons. The number of ether oxygens (including phenoxy) is 1. The number of pyridine rings is 1. The Labute approximate surface area is 94.3 Å². The van der Waals surface area contributed by atoms with Crippen molar-refractivity contribution in [3.05, 3.63) is 30.1 Å². The summed E-state index contributed by atoms with van der Waals surface area (Å²) < 4.78 is 5.53. The molecule has 1 N–H and O–H groups in total. The molecule has 1 aromatic heterocycles. The van der Waals surface area contributed by atoms with E-state index >= 15 is 0 Å². The number of nitrogens with zero attached hydrogens (tertiary/aromatic N) is 1. The Hall–Kier alpha value is -1.42. The van der Waals surface area contributed by atoms with Crippen LogP contribution in [-0.4, -0.2) is 28.8 Å². The van der Waals surface area contributed by atoms with E-state index in [1.807, 2.05) is 0 Å². The van der Waals surface area contributed by atoms with Gasteiger partial charge < -0.3 is 9.84 Å². The molecule has 0 amide bonds. The van der Waals surface area contributed by atoms with E-state index in [9.17, 15) is 9.90 Å². The summed E-state index contributed by atoms with van der Waals surface area (Å²) in [5.74, 6) is -1.49. The first-order valence-electron chi connectivity index (χ1n) is 5.54. The van der Waals surface area contributed by atoms with Gasteiger partial charge in [-0.05, 0) is 31.4 Å². The lowest BCUT2D eigenvalue weighted by atomic mass is 9.92. The molecule has 1 aliphatic rings. The molecule has 1 aliphatic heterocycles. The summed E-state index contributed by atoms with van der Waals surface area (Å²) in [5, 5.41) is 9.26. The number of carboxylic acids is 1. The van der Waals surface area contributed by atoms with Crippen molar-refractivity contribution in [2.45, 2.75) is 31.3 Å². The third kappa shape index (κ3) is 2.39. The van der Waals surface area contributed by atoms with Gasteiger partial charge >= 0.3 is 5.97 Å². The van der Waals surface area contributed by atoms with Crippen molar-refractivity contribution in [3.8, 4) is 0 Å². The highest BCUT2D eigenvalue weighted by Gasteiger charge is 2.32. The van der Waals surface area contributed by atoms with E-state index in [1.165, 1.54) is 0 Å². The fourth-order valence-corrected chi connectivity index (χ4v) is 2.06. The first-order chi connectivity index (χ1) is 7.79. The van der Waals surface area contributed by atoms with Crippen molar-refractivity contribution < 1.29 is 14.6 Å². The van der Waals surface area contributed by atoms with Gasteiger partial charge in [0.15, 0.2) is 0 Å². The van der Waals surface area contributed by atoms with Gasteiger partial charge in [0, 0.05) is 12.8 Å². The topological polar surface area (TPSA) is 59.4 Å². The summed E-state index contributed by atoms with van der Waals surface area (Å²) in [5.41, 5.74) is 0.585. The molecule has 0 radical (unpaired) electrons. The fraction of sp³-hybridized carbons (Fsp3) is 0.500. The van der Waals surface area contributed by atoms with Gasteiger partial charge in [0.2, 0.25) is 0 Å². The maximum atomic E-state index is 11.3. The van der Waals surface area contributed by atoms with Crippen LogP contribution in [0.3, 0.4) is 0 Å². The van der Waals surface area contributed by atoms with Gasteiger partial charge in [0.1, 0.15) is 5.92 Å². The van der Waals surface area contributed by atoms with Gasteiger partial charge in [-0.25, -0.2) is 0 Å². The van der Waals surface area contributed by atoms with Crippen LogP contribution < -0.4 is 0 Å². The number of hydrogen-bond donors (Lipinski definition) is 1. The number of carbonyl (C=O) groups is 1. The average Bonchev–Trinajstić information content (AvgIpc) is 2.31. The molecule has 2 heterocycles. The van der Waals surface area contributed by atoms with Crippen LogP contribution in [-0.2, 0) is 9.53 Å². The largest absolute Gasteiger partial charge is 0.481 e. The molecule has 0 aliphatic carbocycles. The summed E-state index contributed by atoms with van der Waals surface area (Å²) in [6.45, 7) is 0.654. The first-order valence-corrected chi connectivity index (χ1v) is 5.54. The molecule has 2 atom stereocenters. The number of aliphatic carboxylic acids is 1. The van der Waals surface area contributed by atoms with Crippen LogP contribution in [0, 0.1) is 0 Å². The zero-order chi connectivity index (χ0) is 11.4. The molecule has 0 bridgehead atoms. The van der Waals surface area contributed by atoms with E-state index in [0.717, 1.165) is 19.3 Å². The molecule has 0 saturated carbocycles. The van der Waals surface area contributed by atoms with E-state index in [0.29, 0.717) is 12.3 Å². The maximum absolute atomic E-state index is 11.3. The Bertz CT molecular complexity index is 347. The summed E-state index contributed by atoms with van der Waals surface area (Å²) in [6.07, 6.45) is 4.23. The lowest BCUT2D eigenvalue weighted by molar-refractivity contribution is -0.144. The molecular formula is C12H15NO3. The molecule has 1 fully saturated rings. The summed E-state index contributed by atoms with van der Waals surface area (Å²) in [6, 6.07) is 5.34. The summed E-state index contributed by atoms with van der Waals surface area (Å²) in [4.78, 5) is 15.4. The van der Waals surface area contributed by atoms with Crippen molar-refractivity contribution in [2.24, 2.45) is 0 Å². The molecule has 2 rings (SSSR count). The SMILES string of the molecule is O=C(O)C(c1ccccn1)C1CCCCO1. The van der Waals surface area contributed by atoms with Gasteiger partial charge in [-0.15, -0.1) is 0 Å². The highest BCUT2D eigenvalue weighted by molar-refractivity contribution is 5.76. The Morgan fingerprint density at radius 3 is 2.94 bits per heavy atom. The van der Waals surface area contributed by atoms with Crippen LogP contribution in [0.25, 0.3) is 0 Å². The van der Waals surface area contributed by atoms with E-state index in [2.05, 4.69) is 4.98 Å². The number of rotatable bonds is 3. The quantitative estimate of drug-likeness (QED) is 0.845. The lowest BCUT2D eigenvalue weighted by Crippen LogP contribution is -2.32. The Morgan fingerprint density at radius 2 is 2.38 bits per heavy atom. The van der Waals surface area contributed by atoms with Crippen molar-refractivity contribution in [1.29, 1.82) is 0 Å². The smallest absolute Gasteiger partial charge is 0.315 e. The molecule has 0 aromatic carbocycles. The summed E-state index contributed by atoms with van der Waals surface area (Å²) in [7, 11) is 0. The minimum atomic E-state index is -0.856. The number of carboxylic acid groups (broad SMARTS) is 1. The predicted molar refractivity (Wildman–Crippen MR) is 58.2 cm³/mol. The normalized spacial score (nSPS) is 22.6. The molecule has 16 heavy (non-hydrogen) atoms. The van der Waals surface area contributed by atoms with E-state index < -0.39 is 11.9 Å². The molecule has 2 unspecified atom stereocenters. The standard InChI is InChI=1S/C12H15NO3/c14-12(15)11(9-5-1-3-7-13-9)10-6-2-4-8-16-10/h1,3,5,7,10-11H,2,4,6,8H2,(H,14,15). The second kappa shape index (κ2) is 5.07. The highest BCUT2D eigenvalue weighted by atomic mass is 16.5. The van der Waals surface area contributed by atoms with Crippen LogP contribution in [0.5, 0.6) is 0 Å². The van der Waals surface area contributed by atoms with Gasteiger partial charge in [0.05, 0.1) is 11.8 Å². The zero-order valence-electron chi connectivity index (χ0n) is 9.00. The van der Waals surface area contributed by atoms with Crippen molar-refractivity contribution in [1.82, 2.24) is 4.98 Å². The van der Waals surface area contributed by atoms with Gasteiger partial charge in [0.25, 0.3) is 0 Å². The van der Waals surface area contributed by atoms with Crippen LogP contribution in [0.15, 0.2) is 24.4 Å². The third-order valence-corrected chi connectivity index (χ3v) is 2.86. The molecule has 4 nitrogen and oxygen atoms in total. The minimum Gasteiger partial charge on any atom is -0.481 e. The van der Waals surface area contributed by atoms with Gasteiger partial charge in [-0.3, -0.25) is 9.78 Å². The fourth-order valence-electron chi connectivity index (χ4n) is 2.06. The minimum absolute atomic E-state index is 0.235. The monoisotopic (exact) mass is 221 g/mol. The molecule has 1 aromatic rings. The number of hydrogen-bond acceptors (Lipinski definition) is 3. The lowest BCUT2D eigenvalue weighted by Gasteiger charge is -2.27. The molecule has 0 spiro atoms. The van der Waals surface area contributed by atoms with Crippen LogP contribution in [0.2, 0.25) is 0 Å². The van der Waals surface area contributed by atoms with E-state index in [-0.39, 0.29) is 6.10 Å². The Kier molecular flexibility index (Phi) is 3.51. The number of aromatic nitrogens is 1. The Morgan fingerprint density at radius 1 is 1.50 bits per heavy atom. The maximum Gasteiger partial charge on any atom is 0.315 e. The second-order valence-corrected chi connectivity index (χ2v) is 3.98. The third-order valence-electron chi connectivity index (χ3n) is 2.86. The van der Waals surface area contributed by atoms with Crippen LogP contribution >= 0.6 is 0 Å². The average molecular weight is 221 g/mol. The molecular weight excluding hydrogens is 206 g/mol. The van der Waals surface area contributed by atoms with Crippen LogP contribution in [0.4, 0.5) is 0 Å². The predicted octanol–water partition coefficient (Wildman–Crippen LogP) is 1.82. The molecule has 4 heteroatoms. The van der Waals surface area contributed by atoms with Crippen molar-refractivity contribution in [3.63, 3.8) is 0 Å². The van der Waals surface area contributed by atoms with Gasteiger partial charge in [-0.2, -0.15) is 0 Å². The summed E-state index contributed by atoms with van der Waals surface area (Å²) >= 11 is 0. The van der Waals surface area contributed by atoms with Crippen molar-refractivity contribution in [2.75, 3.05) is 6.61 Å². The van der Waals surface area contributed by atoms with Crippen molar-refractivity contribution >= 4 is 5.97 Å². The van der Waals surface area contributed by atoms with E-state index in [1.54, 1.807) is 24.4 Å². The zero-order valence-corrected chi connectivity index (χ0v) is 9.00.